The SMILES string of the molecule is CCCCCC(C)NCC(CN)CC(C)(C)C. The van der Waals surface area contributed by atoms with Crippen LogP contribution < -0.4 is 11.1 Å². The lowest BCUT2D eigenvalue weighted by Crippen LogP contribution is -2.35. The highest BCUT2D eigenvalue weighted by atomic mass is 14.9. The Hall–Kier alpha value is -0.0800. The predicted octanol–water partition coefficient (Wildman–Crippen LogP) is 3.56. The molecule has 104 valence electrons. The highest BCUT2D eigenvalue weighted by molar-refractivity contribution is 4.73. The molecule has 0 bridgehead atoms. The van der Waals surface area contributed by atoms with Crippen LogP contribution in [0.1, 0.15) is 66.7 Å². The Morgan fingerprint density at radius 2 is 1.82 bits per heavy atom. The second-order valence-corrected chi connectivity index (χ2v) is 6.67. The summed E-state index contributed by atoms with van der Waals surface area (Å²) in [5.41, 5.74) is 6.23. The summed E-state index contributed by atoms with van der Waals surface area (Å²) >= 11 is 0. The number of rotatable bonds is 9. The van der Waals surface area contributed by atoms with E-state index in [1.54, 1.807) is 0 Å². The molecule has 0 spiro atoms. The molecule has 17 heavy (non-hydrogen) atoms. The third kappa shape index (κ3) is 10.8. The standard InChI is InChI=1S/C15H34N2/c1-6-7-8-9-13(2)17-12-14(11-16)10-15(3,4)5/h13-14,17H,6-12,16H2,1-5H3. The second kappa shape index (κ2) is 8.93. The fraction of sp³-hybridized carbons (Fsp3) is 1.00. The topological polar surface area (TPSA) is 38.0 Å². The Kier molecular flexibility index (Phi) is 8.89. The number of unbranched alkanes of at least 4 members (excludes halogenated alkanes) is 2. The van der Waals surface area contributed by atoms with Crippen molar-refractivity contribution < 1.29 is 0 Å². The quantitative estimate of drug-likeness (QED) is 0.607. The van der Waals surface area contributed by atoms with Crippen LogP contribution in [0.5, 0.6) is 0 Å². The van der Waals surface area contributed by atoms with E-state index < -0.39 is 0 Å². The molecule has 0 aromatic heterocycles. The minimum atomic E-state index is 0.386. The number of nitrogens with two attached hydrogens (primary N) is 1. The fourth-order valence-corrected chi connectivity index (χ4v) is 2.28. The van der Waals surface area contributed by atoms with E-state index in [1.807, 2.05) is 0 Å². The monoisotopic (exact) mass is 242 g/mol. The second-order valence-electron chi connectivity index (χ2n) is 6.67. The molecule has 0 amide bonds. The molecule has 0 fully saturated rings. The summed E-state index contributed by atoms with van der Waals surface area (Å²) in [5.74, 6) is 0.614. The minimum absolute atomic E-state index is 0.386. The minimum Gasteiger partial charge on any atom is -0.330 e. The zero-order chi connectivity index (χ0) is 13.3. The Bertz CT molecular complexity index is 172. The fourth-order valence-electron chi connectivity index (χ4n) is 2.28. The maximum Gasteiger partial charge on any atom is 0.00388 e. The van der Waals surface area contributed by atoms with Crippen molar-refractivity contribution in [1.82, 2.24) is 5.32 Å². The normalized spacial score (nSPS) is 15.9. The van der Waals surface area contributed by atoms with Crippen molar-refractivity contribution in [3.05, 3.63) is 0 Å². The molecule has 0 rings (SSSR count). The third-order valence-corrected chi connectivity index (χ3v) is 3.23. The Morgan fingerprint density at radius 1 is 1.18 bits per heavy atom. The Balaban J connectivity index is 3.74. The molecule has 0 aromatic rings. The number of hydrogen-bond acceptors (Lipinski definition) is 2. The van der Waals surface area contributed by atoms with Crippen LogP contribution in [0.25, 0.3) is 0 Å². The molecule has 3 N–H and O–H groups in total. The average Bonchev–Trinajstić information content (AvgIpc) is 2.23. The van der Waals surface area contributed by atoms with Crippen molar-refractivity contribution in [2.75, 3.05) is 13.1 Å². The Labute approximate surface area is 109 Å². The van der Waals surface area contributed by atoms with Crippen LogP contribution >= 0.6 is 0 Å². The van der Waals surface area contributed by atoms with E-state index in [-0.39, 0.29) is 0 Å². The van der Waals surface area contributed by atoms with Crippen LogP contribution in [0, 0.1) is 11.3 Å². The molecule has 0 aliphatic rings. The molecule has 2 atom stereocenters. The van der Waals surface area contributed by atoms with Crippen LogP contribution in [0.15, 0.2) is 0 Å². The molecule has 2 heteroatoms. The van der Waals surface area contributed by atoms with E-state index in [1.165, 1.54) is 32.1 Å². The van der Waals surface area contributed by atoms with Crippen LogP contribution in [0.2, 0.25) is 0 Å². The van der Waals surface area contributed by atoms with Gasteiger partial charge in [-0.2, -0.15) is 0 Å². The highest BCUT2D eigenvalue weighted by Gasteiger charge is 2.17. The summed E-state index contributed by atoms with van der Waals surface area (Å²) in [5, 5.41) is 3.64. The third-order valence-electron chi connectivity index (χ3n) is 3.23. The van der Waals surface area contributed by atoms with E-state index in [9.17, 15) is 0 Å². The molecular weight excluding hydrogens is 208 g/mol. The van der Waals surface area contributed by atoms with Gasteiger partial charge in [0, 0.05) is 6.04 Å². The molecular formula is C15H34N2. The highest BCUT2D eigenvalue weighted by Crippen LogP contribution is 2.23. The molecule has 0 aliphatic carbocycles. The van der Waals surface area contributed by atoms with Crippen LogP contribution in [-0.4, -0.2) is 19.1 Å². The summed E-state index contributed by atoms with van der Waals surface area (Å²) in [6, 6.07) is 0.635. The van der Waals surface area contributed by atoms with Crippen molar-refractivity contribution >= 4 is 0 Å². The van der Waals surface area contributed by atoms with E-state index in [2.05, 4.69) is 39.9 Å². The Morgan fingerprint density at radius 3 is 2.29 bits per heavy atom. The molecule has 0 heterocycles. The summed E-state index contributed by atoms with van der Waals surface area (Å²) in [7, 11) is 0. The van der Waals surface area contributed by atoms with Crippen LogP contribution in [-0.2, 0) is 0 Å². The van der Waals surface area contributed by atoms with Gasteiger partial charge in [0.15, 0.2) is 0 Å². The first-order valence-electron chi connectivity index (χ1n) is 7.32. The smallest absolute Gasteiger partial charge is 0.00388 e. The van der Waals surface area contributed by atoms with Gasteiger partial charge in [0.1, 0.15) is 0 Å². The van der Waals surface area contributed by atoms with Crippen molar-refractivity contribution in [1.29, 1.82) is 0 Å². The van der Waals surface area contributed by atoms with Crippen LogP contribution in [0.3, 0.4) is 0 Å². The van der Waals surface area contributed by atoms with Gasteiger partial charge in [0.05, 0.1) is 0 Å². The largest absolute Gasteiger partial charge is 0.330 e. The van der Waals surface area contributed by atoms with Gasteiger partial charge in [-0.05, 0) is 44.2 Å². The van der Waals surface area contributed by atoms with Crippen molar-refractivity contribution in [2.24, 2.45) is 17.1 Å². The van der Waals surface area contributed by atoms with Crippen LogP contribution in [0.4, 0.5) is 0 Å². The predicted molar refractivity (Wildman–Crippen MR) is 78.2 cm³/mol. The lowest BCUT2D eigenvalue weighted by molar-refractivity contribution is 0.282. The summed E-state index contributed by atoms with van der Waals surface area (Å²) in [6.45, 7) is 13.3. The van der Waals surface area contributed by atoms with Gasteiger partial charge in [-0.25, -0.2) is 0 Å². The maximum absolute atomic E-state index is 5.85. The molecule has 0 radical (unpaired) electrons. The van der Waals surface area contributed by atoms with Gasteiger partial charge in [0.2, 0.25) is 0 Å². The lowest BCUT2D eigenvalue weighted by atomic mass is 9.84. The maximum atomic E-state index is 5.85. The van der Waals surface area contributed by atoms with E-state index >= 15 is 0 Å². The van der Waals surface area contributed by atoms with Crippen molar-refractivity contribution in [3.8, 4) is 0 Å². The van der Waals surface area contributed by atoms with Gasteiger partial charge in [-0.1, -0.05) is 47.0 Å². The lowest BCUT2D eigenvalue weighted by Gasteiger charge is -2.26. The van der Waals surface area contributed by atoms with Gasteiger partial charge < -0.3 is 11.1 Å². The number of nitrogens with one attached hydrogen (secondary N) is 1. The summed E-state index contributed by atoms with van der Waals surface area (Å²) in [4.78, 5) is 0. The first kappa shape index (κ1) is 16.9. The summed E-state index contributed by atoms with van der Waals surface area (Å²) < 4.78 is 0. The van der Waals surface area contributed by atoms with Gasteiger partial charge in [0.25, 0.3) is 0 Å². The molecule has 0 saturated heterocycles. The zero-order valence-electron chi connectivity index (χ0n) is 12.7. The molecule has 0 saturated carbocycles. The zero-order valence-corrected chi connectivity index (χ0v) is 12.7. The van der Waals surface area contributed by atoms with Crippen molar-refractivity contribution in [2.45, 2.75) is 72.8 Å². The van der Waals surface area contributed by atoms with E-state index in [4.69, 9.17) is 5.73 Å². The average molecular weight is 242 g/mol. The van der Waals surface area contributed by atoms with Gasteiger partial charge in [-0.15, -0.1) is 0 Å². The molecule has 0 aliphatic heterocycles. The molecule has 2 unspecified atom stereocenters. The van der Waals surface area contributed by atoms with Gasteiger partial charge in [-0.3, -0.25) is 0 Å². The molecule has 2 nitrogen and oxygen atoms in total. The van der Waals surface area contributed by atoms with E-state index in [0.717, 1.165) is 13.1 Å². The first-order valence-corrected chi connectivity index (χ1v) is 7.32. The molecule has 0 aromatic carbocycles. The number of hydrogen-bond donors (Lipinski definition) is 2. The van der Waals surface area contributed by atoms with Crippen molar-refractivity contribution in [3.63, 3.8) is 0 Å². The summed E-state index contributed by atoms with van der Waals surface area (Å²) in [6.07, 6.45) is 6.51. The van der Waals surface area contributed by atoms with E-state index in [0.29, 0.717) is 17.4 Å². The van der Waals surface area contributed by atoms with Gasteiger partial charge >= 0.3 is 0 Å². The first-order chi connectivity index (χ1) is 7.89.